The van der Waals surface area contributed by atoms with Crippen molar-refractivity contribution < 1.29 is 13.2 Å². The summed E-state index contributed by atoms with van der Waals surface area (Å²) in [5.74, 6) is -0.288. The van der Waals surface area contributed by atoms with E-state index in [4.69, 9.17) is 0 Å². The van der Waals surface area contributed by atoms with Crippen LogP contribution in [0.2, 0.25) is 0 Å². The Morgan fingerprint density at radius 1 is 0.968 bits per heavy atom. The molecule has 7 nitrogen and oxygen atoms in total. The number of nitrogens with zero attached hydrogens (tertiary/aromatic N) is 3. The Balaban J connectivity index is 1.43. The third kappa shape index (κ3) is 5.03. The molecule has 0 bridgehead atoms. The minimum atomic E-state index is -3.57. The van der Waals surface area contributed by atoms with E-state index >= 15 is 0 Å². The fourth-order valence-electron chi connectivity index (χ4n) is 3.76. The minimum absolute atomic E-state index is 0.131. The lowest BCUT2D eigenvalue weighted by Crippen LogP contribution is -2.36. The van der Waals surface area contributed by atoms with E-state index in [9.17, 15) is 13.2 Å². The van der Waals surface area contributed by atoms with Crippen LogP contribution in [0.3, 0.4) is 0 Å². The van der Waals surface area contributed by atoms with Gasteiger partial charge in [-0.05, 0) is 30.0 Å². The van der Waals surface area contributed by atoms with E-state index in [0.717, 1.165) is 24.8 Å². The van der Waals surface area contributed by atoms with Crippen LogP contribution in [0.1, 0.15) is 40.7 Å². The summed E-state index contributed by atoms with van der Waals surface area (Å²) >= 11 is 0. The van der Waals surface area contributed by atoms with Gasteiger partial charge in [0.2, 0.25) is 10.0 Å². The zero-order valence-corrected chi connectivity index (χ0v) is 18.1. The fraction of sp³-hybridized carbons (Fsp3) is 0.304. The summed E-state index contributed by atoms with van der Waals surface area (Å²) in [6.45, 7) is 1.80. The molecular formula is C23H26N4O3S. The Bertz CT molecular complexity index is 1140. The number of carbonyl (C=O) groups excluding carboxylic acids is 1. The van der Waals surface area contributed by atoms with Gasteiger partial charge < -0.3 is 5.32 Å². The summed E-state index contributed by atoms with van der Waals surface area (Å²) in [6.07, 6.45) is 6.03. The zero-order chi connectivity index (χ0) is 21.7. The van der Waals surface area contributed by atoms with Crippen LogP contribution in [0.5, 0.6) is 0 Å². The summed E-state index contributed by atoms with van der Waals surface area (Å²) in [7, 11) is -3.57. The second-order valence-electron chi connectivity index (χ2n) is 7.67. The molecule has 1 aliphatic heterocycles. The average molecular weight is 439 g/mol. The maximum absolute atomic E-state index is 13.1. The van der Waals surface area contributed by atoms with Crippen molar-refractivity contribution in [2.75, 3.05) is 13.1 Å². The molecule has 0 radical (unpaired) electrons. The van der Waals surface area contributed by atoms with Gasteiger partial charge in [0.1, 0.15) is 0 Å². The molecule has 0 aliphatic carbocycles. The van der Waals surface area contributed by atoms with Crippen LogP contribution in [0, 0.1) is 0 Å². The highest BCUT2D eigenvalue weighted by Crippen LogP contribution is 2.23. The molecule has 3 aromatic rings. The van der Waals surface area contributed by atoms with Gasteiger partial charge in [-0.25, -0.2) is 8.42 Å². The first-order chi connectivity index (χ1) is 15.0. The van der Waals surface area contributed by atoms with Gasteiger partial charge in [0.15, 0.2) is 0 Å². The van der Waals surface area contributed by atoms with E-state index in [1.54, 1.807) is 39.4 Å². The van der Waals surface area contributed by atoms with Crippen LogP contribution in [0.15, 0.2) is 71.9 Å². The van der Waals surface area contributed by atoms with Crippen LogP contribution < -0.4 is 5.32 Å². The number of rotatable bonds is 7. The van der Waals surface area contributed by atoms with Crippen LogP contribution in [0.25, 0.3) is 0 Å². The van der Waals surface area contributed by atoms with E-state index in [0.29, 0.717) is 30.8 Å². The molecule has 1 amide bonds. The molecule has 1 aromatic heterocycles. The molecule has 4 rings (SSSR count). The van der Waals surface area contributed by atoms with Crippen molar-refractivity contribution in [1.82, 2.24) is 19.4 Å². The van der Waals surface area contributed by atoms with Crippen molar-refractivity contribution >= 4 is 15.9 Å². The van der Waals surface area contributed by atoms with E-state index in [-0.39, 0.29) is 17.3 Å². The highest BCUT2D eigenvalue weighted by molar-refractivity contribution is 7.89. The predicted molar refractivity (Wildman–Crippen MR) is 118 cm³/mol. The monoisotopic (exact) mass is 438 g/mol. The van der Waals surface area contributed by atoms with Crippen LogP contribution >= 0.6 is 0 Å². The topological polar surface area (TPSA) is 84.3 Å². The molecule has 1 N–H and O–H groups in total. The van der Waals surface area contributed by atoms with E-state index < -0.39 is 10.0 Å². The molecule has 0 spiro atoms. The van der Waals surface area contributed by atoms with Gasteiger partial charge in [-0.2, -0.15) is 9.40 Å². The smallest absolute Gasteiger partial charge is 0.254 e. The van der Waals surface area contributed by atoms with E-state index in [2.05, 4.69) is 10.4 Å². The number of carbonyl (C=O) groups is 1. The molecule has 1 fully saturated rings. The van der Waals surface area contributed by atoms with Crippen molar-refractivity contribution in [1.29, 1.82) is 0 Å². The van der Waals surface area contributed by atoms with Gasteiger partial charge in [-0.3, -0.25) is 9.48 Å². The maximum atomic E-state index is 13.1. The van der Waals surface area contributed by atoms with Crippen molar-refractivity contribution in [3.8, 4) is 0 Å². The highest BCUT2D eigenvalue weighted by Gasteiger charge is 2.28. The molecule has 1 aliphatic rings. The number of nitrogens with one attached hydrogen (secondary N) is 1. The Hall–Kier alpha value is -2.97. The normalized spacial score (nSPS) is 15.0. The second kappa shape index (κ2) is 9.45. The number of piperidine rings is 1. The third-order valence-corrected chi connectivity index (χ3v) is 7.43. The number of amides is 1. The van der Waals surface area contributed by atoms with Crippen molar-refractivity contribution in [3.63, 3.8) is 0 Å². The number of hydrogen-bond donors (Lipinski definition) is 1. The maximum Gasteiger partial charge on any atom is 0.254 e. The number of sulfonamides is 1. The van der Waals surface area contributed by atoms with Gasteiger partial charge in [0.25, 0.3) is 5.91 Å². The molecule has 2 aromatic carbocycles. The summed E-state index contributed by atoms with van der Waals surface area (Å²) in [6, 6.07) is 16.7. The average Bonchev–Trinajstić information content (AvgIpc) is 3.27. The van der Waals surface area contributed by atoms with Crippen molar-refractivity contribution in [2.45, 2.75) is 37.2 Å². The molecule has 162 valence electrons. The van der Waals surface area contributed by atoms with Gasteiger partial charge in [0, 0.05) is 25.8 Å². The Morgan fingerprint density at radius 2 is 1.68 bits per heavy atom. The summed E-state index contributed by atoms with van der Waals surface area (Å²) in [4.78, 5) is 12.9. The van der Waals surface area contributed by atoms with Gasteiger partial charge >= 0.3 is 0 Å². The summed E-state index contributed by atoms with van der Waals surface area (Å²) < 4.78 is 29.5. The molecule has 1 saturated heterocycles. The third-order valence-electron chi connectivity index (χ3n) is 5.43. The Labute approximate surface area is 182 Å². The molecule has 0 unspecified atom stereocenters. The Kier molecular flexibility index (Phi) is 6.48. The lowest BCUT2D eigenvalue weighted by Gasteiger charge is -2.26. The zero-order valence-electron chi connectivity index (χ0n) is 17.3. The Morgan fingerprint density at radius 3 is 2.45 bits per heavy atom. The number of aromatic nitrogens is 2. The molecule has 8 heteroatoms. The lowest BCUT2D eigenvalue weighted by atomic mass is 10.2. The SMILES string of the molecule is O=C(NCc1ccccc1S(=O)(=O)N1CCCCC1)c1cnn(Cc2ccccc2)c1. The first kappa shape index (κ1) is 21.3. The lowest BCUT2D eigenvalue weighted by molar-refractivity contribution is 0.0950. The van der Waals surface area contributed by atoms with Gasteiger partial charge in [-0.1, -0.05) is 55.0 Å². The largest absolute Gasteiger partial charge is 0.348 e. The van der Waals surface area contributed by atoms with E-state index in [1.807, 2.05) is 30.3 Å². The van der Waals surface area contributed by atoms with Gasteiger partial charge in [-0.15, -0.1) is 0 Å². The first-order valence-corrected chi connectivity index (χ1v) is 11.9. The summed E-state index contributed by atoms with van der Waals surface area (Å²) in [5, 5.41) is 7.09. The van der Waals surface area contributed by atoms with Crippen molar-refractivity contribution in [2.24, 2.45) is 0 Å². The van der Waals surface area contributed by atoms with Crippen LogP contribution in [-0.2, 0) is 23.1 Å². The van der Waals surface area contributed by atoms with Crippen LogP contribution in [0.4, 0.5) is 0 Å². The fourth-order valence-corrected chi connectivity index (χ4v) is 5.50. The second-order valence-corrected chi connectivity index (χ2v) is 9.57. The summed E-state index contributed by atoms with van der Waals surface area (Å²) in [5.41, 5.74) is 2.11. The number of hydrogen-bond acceptors (Lipinski definition) is 4. The highest BCUT2D eigenvalue weighted by atomic mass is 32.2. The van der Waals surface area contributed by atoms with Crippen molar-refractivity contribution in [3.05, 3.63) is 83.7 Å². The van der Waals surface area contributed by atoms with E-state index in [1.165, 1.54) is 6.20 Å². The quantitative estimate of drug-likeness (QED) is 0.615. The first-order valence-electron chi connectivity index (χ1n) is 10.5. The number of benzene rings is 2. The minimum Gasteiger partial charge on any atom is -0.348 e. The molecular weight excluding hydrogens is 412 g/mol. The molecule has 0 atom stereocenters. The molecule has 31 heavy (non-hydrogen) atoms. The van der Waals surface area contributed by atoms with Gasteiger partial charge in [0.05, 0.1) is 23.2 Å². The molecule has 2 heterocycles. The molecule has 0 saturated carbocycles. The predicted octanol–water partition coefficient (Wildman–Crippen LogP) is 3.04. The standard InChI is InChI=1S/C23H26N4O3S/c28-23(21-16-25-26(18-21)17-19-9-3-1-4-10-19)24-15-20-11-5-6-12-22(20)31(29,30)27-13-7-2-8-14-27/h1,3-6,9-12,16,18H,2,7-8,13-15,17H2,(H,24,28). The van der Waals surface area contributed by atoms with Crippen LogP contribution in [-0.4, -0.2) is 41.5 Å².